The van der Waals surface area contributed by atoms with E-state index in [0.29, 0.717) is 17.4 Å². The summed E-state index contributed by atoms with van der Waals surface area (Å²) in [5, 5.41) is 3.05. The van der Waals surface area contributed by atoms with E-state index in [1.807, 2.05) is 33.3 Å². The third-order valence-corrected chi connectivity index (χ3v) is 17.7. The molecule has 0 aromatic carbocycles. The number of rotatable bonds is 69. The number of phosphoric acid groups is 1. The summed E-state index contributed by atoms with van der Waals surface area (Å²) in [4.78, 5) is 40.3. The van der Waals surface area contributed by atoms with Crippen molar-refractivity contribution >= 4 is 19.7 Å². The van der Waals surface area contributed by atoms with Gasteiger partial charge in [-0.15, -0.1) is 0 Å². The highest BCUT2D eigenvalue weighted by molar-refractivity contribution is 7.45. The normalized spacial score (nSPS) is 14.0. The van der Waals surface area contributed by atoms with Crippen LogP contribution in [0.3, 0.4) is 0 Å². The Bertz CT molecular complexity index is 1860. The van der Waals surface area contributed by atoms with E-state index in [-0.39, 0.29) is 24.9 Å². The first-order valence-corrected chi connectivity index (χ1v) is 39.5. The second-order valence-corrected chi connectivity index (χ2v) is 28.2. The molecule has 3 atom stereocenters. The van der Waals surface area contributed by atoms with Crippen molar-refractivity contribution in [2.45, 2.75) is 360 Å². The van der Waals surface area contributed by atoms with E-state index in [9.17, 15) is 19.0 Å². The van der Waals surface area contributed by atoms with E-state index in [1.54, 1.807) is 0 Å². The molecule has 3 unspecified atom stereocenters. The van der Waals surface area contributed by atoms with Crippen molar-refractivity contribution in [2.24, 2.45) is 0 Å². The van der Waals surface area contributed by atoms with Crippen LogP contribution in [0.15, 0.2) is 97.2 Å². The maximum absolute atomic E-state index is 13.6. The van der Waals surface area contributed by atoms with Gasteiger partial charge in [-0.05, 0) is 109 Å². The lowest BCUT2D eigenvalue weighted by molar-refractivity contribution is -0.870. The molecule has 0 spiro atoms. The highest BCUT2D eigenvalue weighted by atomic mass is 31.2. The van der Waals surface area contributed by atoms with Crippen LogP contribution in [0.25, 0.3) is 0 Å². The maximum atomic E-state index is 13.6. The van der Waals surface area contributed by atoms with E-state index in [1.165, 1.54) is 205 Å². The van der Waals surface area contributed by atoms with Crippen LogP contribution in [-0.2, 0) is 27.9 Å². The maximum Gasteiger partial charge on any atom is 0.306 e. The van der Waals surface area contributed by atoms with Crippen LogP contribution in [0, 0.1) is 0 Å². The fourth-order valence-corrected chi connectivity index (χ4v) is 11.7. The Kier molecular flexibility index (Phi) is 66.4. The van der Waals surface area contributed by atoms with Crippen molar-refractivity contribution in [3.05, 3.63) is 97.2 Å². The van der Waals surface area contributed by atoms with E-state index >= 15 is 0 Å². The Labute approximate surface area is 558 Å². The predicted octanol–water partition coefficient (Wildman–Crippen LogP) is 24.0. The zero-order valence-electron chi connectivity index (χ0n) is 59.8. The Morgan fingerprint density at radius 2 is 0.711 bits per heavy atom. The van der Waals surface area contributed by atoms with Gasteiger partial charge in [-0.3, -0.25) is 14.2 Å². The lowest BCUT2D eigenvalue weighted by Crippen LogP contribution is -2.47. The van der Waals surface area contributed by atoms with E-state index in [2.05, 4.69) is 111 Å². The number of unbranched alkanes of at least 4 members (excludes halogenated alkanes) is 39. The fraction of sp³-hybridized carbons (Fsp3) is 0.775. The molecule has 0 fully saturated rings. The third-order valence-electron chi connectivity index (χ3n) is 16.7. The number of nitrogens with one attached hydrogen (secondary N) is 1. The minimum Gasteiger partial charge on any atom is -0.756 e. The van der Waals surface area contributed by atoms with Gasteiger partial charge in [0.1, 0.15) is 19.3 Å². The van der Waals surface area contributed by atoms with Crippen LogP contribution in [0.4, 0.5) is 0 Å². The number of phosphoric ester groups is 1. The number of nitrogens with zero attached hydrogens (tertiary/aromatic N) is 1. The molecule has 0 aromatic heterocycles. The molecule has 9 nitrogen and oxygen atoms in total. The molecule has 90 heavy (non-hydrogen) atoms. The first kappa shape index (κ1) is 86.9. The van der Waals surface area contributed by atoms with Gasteiger partial charge in [0.05, 0.1) is 33.8 Å². The quantitative estimate of drug-likeness (QED) is 0.0212. The summed E-state index contributed by atoms with van der Waals surface area (Å²) in [5.41, 5.74) is 0. The number of likely N-dealkylation sites (N-methyl/N-ethyl adjacent to an activating group) is 1. The van der Waals surface area contributed by atoms with Crippen LogP contribution in [0.2, 0.25) is 0 Å². The Morgan fingerprint density at radius 3 is 1.08 bits per heavy atom. The Hall–Kier alpha value is -3.07. The van der Waals surface area contributed by atoms with Crippen molar-refractivity contribution in [1.29, 1.82) is 0 Å². The van der Waals surface area contributed by atoms with Crippen molar-refractivity contribution < 1.29 is 37.3 Å². The average Bonchev–Trinajstić information content (AvgIpc) is 3.12. The van der Waals surface area contributed by atoms with Crippen molar-refractivity contribution in [3.63, 3.8) is 0 Å². The Balaban J connectivity index is 5.01. The zero-order valence-corrected chi connectivity index (χ0v) is 60.7. The standard InChI is InChI=1S/C80H145N2O7P/c1-7-10-13-16-19-22-25-28-30-32-34-36-38-40-41-43-45-47-49-51-53-55-58-61-64-67-70-73-80(84)89-78(71-68-65-62-59-56-27-24-21-18-15-12-9-3)77(76-88-90(85,86)87-75-74-82(4,5)6)81-79(83)72-69-66-63-60-57-54-52-50-48-46-44-42-39-37-35-33-31-29-26-23-20-17-14-11-8-2/h10,13,19,22,28-31,34,36,40-41,45,47,68,71,77-78H,7-9,11-12,14-18,20-21,23-27,32-33,35,37-39,42-44,46,48-67,69-70,72-76H2,1-6H3,(H-,81,83,85,86)/b13-10-,22-19-,30-28-,31-29+,36-34-,41-40-,47-45-,71-68+. The van der Waals surface area contributed by atoms with E-state index in [0.717, 1.165) is 109 Å². The fourth-order valence-electron chi connectivity index (χ4n) is 10.9. The minimum absolute atomic E-state index is 0.0261. The molecule has 0 aliphatic carbocycles. The number of allylic oxidation sites excluding steroid dienone is 15. The van der Waals surface area contributed by atoms with Crippen LogP contribution in [0.5, 0.6) is 0 Å². The predicted molar refractivity (Wildman–Crippen MR) is 390 cm³/mol. The molecular formula is C80H145N2O7P. The number of amides is 1. The summed E-state index contributed by atoms with van der Waals surface area (Å²) < 4.78 is 30.5. The molecule has 0 radical (unpaired) electrons. The summed E-state index contributed by atoms with van der Waals surface area (Å²) in [6.45, 7) is 6.76. The van der Waals surface area contributed by atoms with E-state index < -0.39 is 26.6 Å². The molecular weight excluding hydrogens is 1130 g/mol. The average molecular weight is 1280 g/mol. The molecule has 0 bridgehead atoms. The lowest BCUT2D eigenvalue weighted by Gasteiger charge is -2.30. The molecule has 0 aromatic rings. The van der Waals surface area contributed by atoms with Gasteiger partial charge in [-0.1, -0.05) is 324 Å². The van der Waals surface area contributed by atoms with Crippen LogP contribution in [-0.4, -0.2) is 69.4 Å². The SMILES string of the molecule is CC/C=C\C/C=C\C/C=C\C/C=C\C/C=C\C/C=C\CCCCCCCCCCC(=O)OC(/C=C/CCCCCCCCCCCC)C(COP(=O)([O-])OCC[N+](C)(C)C)NC(=O)CCCCCCCCCCCCCCCCC/C=C/CCCCCCCC. The smallest absolute Gasteiger partial charge is 0.306 e. The van der Waals surface area contributed by atoms with Gasteiger partial charge >= 0.3 is 5.97 Å². The summed E-state index contributed by atoms with van der Waals surface area (Å²) in [7, 11) is 1.18. The molecule has 0 heterocycles. The molecule has 0 saturated carbocycles. The number of ether oxygens (including phenoxy) is 1. The monoisotopic (exact) mass is 1280 g/mol. The molecule has 0 aliphatic heterocycles. The van der Waals surface area contributed by atoms with Gasteiger partial charge in [0.2, 0.25) is 5.91 Å². The number of quaternary nitrogens is 1. The van der Waals surface area contributed by atoms with Crippen LogP contribution < -0.4 is 10.2 Å². The first-order chi connectivity index (χ1) is 43.9. The zero-order chi connectivity index (χ0) is 65.6. The number of esters is 1. The van der Waals surface area contributed by atoms with Crippen LogP contribution >= 0.6 is 7.82 Å². The lowest BCUT2D eigenvalue weighted by atomic mass is 10.0. The molecule has 0 aliphatic rings. The minimum atomic E-state index is -4.71. The molecule has 1 amide bonds. The molecule has 0 saturated heterocycles. The van der Waals surface area contributed by atoms with Gasteiger partial charge in [0.15, 0.2) is 0 Å². The molecule has 0 rings (SSSR count). The highest BCUT2D eigenvalue weighted by Crippen LogP contribution is 2.38. The first-order valence-electron chi connectivity index (χ1n) is 38.0. The summed E-state index contributed by atoms with van der Waals surface area (Å²) in [6.07, 6.45) is 94.0. The molecule has 1 N–H and O–H groups in total. The second-order valence-electron chi connectivity index (χ2n) is 26.8. The summed E-state index contributed by atoms with van der Waals surface area (Å²) in [5.74, 6) is -0.542. The van der Waals surface area contributed by atoms with Gasteiger partial charge < -0.3 is 28.5 Å². The summed E-state index contributed by atoms with van der Waals surface area (Å²) in [6, 6.07) is -0.897. The number of carbonyl (C=O) groups excluding carboxylic acids is 2. The number of hydrogen-bond acceptors (Lipinski definition) is 7. The molecule has 522 valence electrons. The highest BCUT2D eigenvalue weighted by Gasteiger charge is 2.27. The summed E-state index contributed by atoms with van der Waals surface area (Å²) >= 11 is 0. The largest absolute Gasteiger partial charge is 0.756 e. The topological polar surface area (TPSA) is 114 Å². The number of carbonyl (C=O) groups is 2. The van der Waals surface area contributed by atoms with Crippen LogP contribution in [0.1, 0.15) is 348 Å². The van der Waals surface area contributed by atoms with Gasteiger partial charge in [0, 0.05) is 12.8 Å². The van der Waals surface area contributed by atoms with Crippen molar-refractivity contribution in [2.75, 3.05) is 40.9 Å². The molecule has 10 heteroatoms. The Morgan fingerprint density at radius 1 is 0.400 bits per heavy atom. The van der Waals surface area contributed by atoms with Gasteiger partial charge in [-0.2, -0.15) is 0 Å². The van der Waals surface area contributed by atoms with Gasteiger partial charge in [0.25, 0.3) is 7.82 Å². The second kappa shape index (κ2) is 68.8. The van der Waals surface area contributed by atoms with E-state index in [4.69, 9.17) is 13.8 Å². The van der Waals surface area contributed by atoms with Crippen molar-refractivity contribution in [3.8, 4) is 0 Å². The van der Waals surface area contributed by atoms with Crippen molar-refractivity contribution in [1.82, 2.24) is 5.32 Å². The number of hydrogen-bond donors (Lipinski definition) is 1. The van der Waals surface area contributed by atoms with Gasteiger partial charge in [-0.25, -0.2) is 0 Å². The third kappa shape index (κ3) is 69.3.